The van der Waals surface area contributed by atoms with Crippen LogP contribution >= 0.6 is 22.6 Å². The fourth-order valence-electron chi connectivity index (χ4n) is 3.82. The average molecular weight is 355 g/mol. The molecule has 0 saturated heterocycles. The number of hydrogen-bond donors (Lipinski definition) is 1. The Morgan fingerprint density at radius 1 is 1.22 bits per heavy atom. The standard InChI is InChI=1S/C16H22IN/c1-11(13-4-6-16(17)7-5-13)18-10-15-9-12-2-3-14(15)8-12/h4-7,11-12,14-15,18H,2-3,8-10H2,1H3. The molecular weight excluding hydrogens is 333 g/mol. The van der Waals surface area contributed by atoms with E-state index in [1.807, 2.05) is 0 Å². The van der Waals surface area contributed by atoms with Crippen LogP contribution in [0.1, 0.15) is 44.2 Å². The summed E-state index contributed by atoms with van der Waals surface area (Å²) >= 11 is 2.36. The molecule has 0 heterocycles. The summed E-state index contributed by atoms with van der Waals surface area (Å²) in [7, 11) is 0. The van der Waals surface area contributed by atoms with Gasteiger partial charge in [-0.3, -0.25) is 0 Å². The molecule has 4 atom stereocenters. The van der Waals surface area contributed by atoms with Gasteiger partial charge in [0, 0.05) is 9.61 Å². The maximum absolute atomic E-state index is 3.74. The lowest BCUT2D eigenvalue weighted by molar-refractivity contribution is 0.309. The van der Waals surface area contributed by atoms with E-state index in [9.17, 15) is 0 Å². The van der Waals surface area contributed by atoms with E-state index in [0.717, 1.165) is 17.8 Å². The molecular formula is C16H22IN. The van der Waals surface area contributed by atoms with Crippen LogP contribution in [0.25, 0.3) is 0 Å². The van der Waals surface area contributed by atoms with E-state index in [1.165, 1.54) is 41.4 Å². The number of halogens is 1. The van der Waals surface area contributed by atoms with Crippen LogP contribution in [0, 0.1) is 21.3 Å². The third kappa shape index (κ3) is 2.74. The summed E-state index contributed by atoms with van der Waals surface area (Å²) < 4.78 is 1.32. The smallest absolute Gasteiger partial charge is 0.0291 e. The van der Waals surface area contributed by atoms with Crippen molar-refractivity contribution >= 4 is 22.6 Å². The van der Waals surface area contributed by atoms with Gasteiger partial charge in [0.25, 0.3) is 0 Å². The monoisotopic (exact) mass is 355 g/mol. The van der Waals surface area contributed by atoms with Crippen molar-refractivity contribution in [1.29, 1.82) is 0 Å². The minimum absolute atomic E-state index is 0.487. The Balaban J connectivity index is 1.52. The largest absolute Gasteiger partial charge is 0.310 e. The zero-order valence-electron chi connectivity index (χ0n) is 11.0. The van der Waals surface area contributed by atoms with Crippen molar-refractivity contribution in [1.82, 2.24) is 5.32 Å². The molecule has 4 unspecified atom stereocenters. The first-order valence-electron chi connectivity index (χ1n) is 7.21. The molecule has 2 fully saturated rings. The first kappa shape index (κ1) is 12.9. The lowest BCUT2D eigenvalue weighted by Crippen LogP contribution is -2.28. The summed E-state index contributed by atoms with van der Waals surface area (Å²) in [6, 6.07) is 9.39. The Morgan fingerprint density at radius 2 is 2.00 bits per heavy atom. The van der Waals surface area contributed by atoms with Gasteiger partial charge < -0.3 is 5.32 Å². The minimum atomic E-state index is 0.487. The van der Waals surface area contributed by atoms with Crippen molar-refractivity contribution in [2.45, 2.75) is 38.6 Å². The molecule has 2 saturated carbocycles. The third-order valence-corrected chi connectivity index (χ3v) is 5.66. The summed E-state index contributed by atoms with van der Waals surface area (Å²) in [6.45, 7) is 3.50. The van der Waals surface area contributed by atoms with Gasteiger partial charge in [-0.25, -0.2) is 0 Å². The van der Waals surface area contributed by atoms with Gasteiger partial charge in [-0.1, -0.05) is 18.6 Å². The molecule has 1 aromatic rings. The minimum Gasteiger partial charge on any atom is -0.310 e. The second-order valence-corrected chi connectivity index (χ2v) is 7.36. The second-order valence-electron chi connectivity index (χ2n) is 6.12. The molecule has 3 rings (SSSR count). The Kier molecular flexibility index (Phi) is 3.94. The maximum atomic E-state index is 3.74. The topological polar surface area (TPSA) is 12.0 Å². The predicted molar refractivity (Wildman–Crippen MR) is 84.5 cm³/mol. The van der Waals surface area contributed by atoms with Crippen LogP contribution in [0.3, 0.4) is 0 Å². The van der Waals surface area contributed by atoms with E-state index in [4.69, 9.17) is 0 Å². The molecule has 2 aliphatic rings. The first-order chi connectivity index (χ1) is 8.72. The maximum Gasteiger partial charge on any atom is 0.0291 e. The van der Waals surface area contributed by atoms with Gasteiger partial charge in [0.15, 0.2) is 0 Å². The van der Waals surface area contributed by atoms with E-state index < -0.39 is 0 Å². The highest BCUT2D eigenvalue weighted by molar-refractivity contribution is 14.1. The van der Waals surface area contributed by atoms with Crippen molar-refractivity contribution in [3.63, 3.8) is 0 Å². The molecule has 18 heavy (non-hydrogen) atoms. The van der Waals surface area contributed by atoms with Gasteiger partial charge in [-0.05, 0) is 90.8 Å². The van der Waals surface area contributed by atoms with Crippen LogP contribution in [0.2, 0.25) is 0 Å². The van der Waals surface area contributed by atoms with Crippen LogP contribution in [0.4, 0.5) is 0 Å². The molecule has 2 heteroatoms. The molecule has 0 aliphatic heterocycles. The number of nitrogens with one attached hydrogen (secondary N) is 1. The van der Waals surface area contributed by atoms with Crippen molar-refractivity contribution in [2.75, 3.05) is 6.54 Å². The lowest BCUT2D eigenvalue weighted by atomic mass is 9.88. The molecule has 0 radical (unpaired) electrons. The van der Waals surface area contributed by atoms with Gasteiger partial charge >= 0.3 is 0 Å². The summed E-state index contributed by atoms with van der Waals surface area (Å²) in [5.74, 6) is 3.05. The van der Waals surface area contributed by atoms with Crippen molar-refractivity contribution in [3.8, 4) is 0 Å². The second kappa shape index (κ2) is 5.49. The van der Waals surface area contributed by atoms with Gasteiger partial charge in [-0.2, -0.15) is 0 Å². The Bertz CT molecular complexity index is 400. The van der Waals surface area contributed by atoms with Gasteiger partial charge in [0.2, 0.25) is 0 Å². The zero-order valence-corrected chi connectivity index (χ0v) is 13.2. The number of hydrogen-bond acceptors (Lipinski definition) is 1. The molecule has 2 aliphatic carbocycles. The first-order valence-corrected chi connectivity index (χ1v) is 8.29. The Labute approximate surface area is 124 Å². The summed E-state index contributed by atoms with van der Waals surface area (Å²) in [6.07, 6.45) is 6.00. The predicted octanol–water partition coefficient (Wildman–Crippen LogP) is 4.38. The van der Waals surface area contributed by atoms with Crippen molar-refractivity contribution < 1.29 is 0 Å². The van der Waals surface area contributed by atoms with Crippen LogP contribution < -0.4 is 5.32 Å². The molecule has 2 bridgehead atoms. The molecule has 1 N–H and O–H groups in total. The number of fused-ring (bicyclic) bond motifs is 2. The highest BCUT2D eigenvalue weighted by atomic mass is 127. The van der Waals surface area contributed by atoms with Crippen LogP contribution in [0.15, 0.2) is 24.3 Å². The van der Waals surface area contributed by atoms with Crippen molar-refractivity contribution in [2.24, 2.45) is 17.8 Å². The van der Waals surface area contributed by atoms with Gasteiger partial charge in [0.1, 0.15) is 0 Å². The van der Waals surface area contributed by atoms with E-state index in [0.29, 0.717) is 6.04 Å². The van der Waals surface area contributed by atoms with Crippen LogP contribution in [-0.4, -0.2) is 6.54 Å². The highest BCUT2D eigenvalue weighted by Crippen LogP contribution is 2.48. The molecule has 1 nitrogen and oxygen atoms in total. The average Bonchev–Trinajstić information content (AvgIpc) is 2.99. The fraction of sp³-hybridized carbons (Fsp3) is 0.625. The van der Waals surface area contributed by atoms with Crippen LogP contribution in [-0.2, 0) is 0 Å². The third-order valence-electron chi connectivity index (χ3n) is 4.94. The van der Waals surface area contributed by atoms with E-state index in [2.05, 4.69) is 59.1 Å². The Morgan fingerprint density at radius 3 is 2.61 bits per heavy atom. The SMILES string of the molecule is CC(NCC1CC2CCC1C2)c1ccc(I)cc1. The summed E-state index contributed by atoms with van der Waals surface area (Å²) in [5, 5.41) is 3.74. The quantitative estimate of drug-likeness (QED) is 0.791. The Hall–Kier alpha value is -0.0900. The van der Waals surface area contributed by atoms with Gasteiger partial charge in [0.05, 0.1) is 0 Å². The highest BCUT2D eigenvalue weighted by Gasteiger charge is 2.39. The summed E-state index contributed by atoms with van der Waals surface area (Å²) in [5.41, 5.74) is 1.42. The molecule has 98 valence electrons. The van der Waals surface area contributed by atoms with Crippen LogP contribution in [0.5, 0.6) is 0 Å². The van der Waals surface area contributed by atoms with E-state index >= 15 is 0 Å². The van der Waals surface area contributed by atoms with Crippen molar-refractivity contribution in [3.05, 3.63) is 33.4 Å². The fourth-order valence-corrected chi connectivity index (χ4v) is 4.18. The van der Waals surface area contributed by atoms with Gasteiger partial charge in [-0.15, -0.1) is 0 Å². The molecule has 0 aromatic heterocycles. The number of benzene rings is 1. The normalized spacial score (nSPS) is 31.8. The number of rotatable bonds is 4. The molecule has 0 spiro atoms. The molecule has 1 aromatic carbocycles. The van der Waals surface area contributed by atoms with E-state index in [1.54, 1.807) is 0 Å². The lowest BCUT2D eigenvalue weighted by Gasteiger charge is -2.24. The molecule has 0 amide bonds. The summed E-state index contributed by atoms with van der Waals surface area (Å²) in [4.78, 5) is 0. The zero-order chi connectivity index (χ0) is 12.5. The van der Waals surface area contributed by atoms with E-state index in [-0.39, 0.29) is 0 Å².